The number of nitrogens with zero attached hydrogens (tertiary/aromatic N) is 2. The summed E-state index contributed by atoms with van der Waals surface area (Å²) >= 11 is 3.38. The Morgan fingerprint density at radius 3 is 2.58 bits per heavy atom. The maximum Gasteiger partial charge on any atom is 0.289 e. The van der Waals surface area contributed by atoms with Gasteiger partial charge < -0.3 is 5.11 Å². The van der Waals surface area contributed by atoms with Crippen molar-refractivity contribution in [2.45, 2.75) is 0 Å². The van der Waals surface area contributed by atoms with Crippen molar-refractivity contribution in [3.63, 3.8) is 0 Å². The van der Waals surface area contributed by atoms with Gasteiger partial charge in [-0.15, -0.1) is 0 Å². The number of aromatic amines is 1. The zero-order valence-corrected chi connectivity index (χ0v) is 14.0. The second-order valence-corrected chi connectivity index (χ2v) is 5.88. The van der Waals surface area contributed by atoms with Gasteiger partial charge in [-0.3, -0.25) is 9.89 Å². The van der Waals surface area contributed by atoms with E-state index in [1.165, 1.54) is 6.21 Å². The highest BCUT2D eigenvalue weighted by atomic mass is 79.9. The number of phenols is 1. The summed E-state index contributed by atoms with van der Waals surface area (Å²) in [6.07, 6.45) is 1.49. The number of rotatable bonds is 4. The second kappa shape index (κ2) is 7.10. The van der Waals surface area contributed by atoms with Crippen LogP contribution in [0.4, 0.5) is 0 Å². The number of phenolic OH excluding ortho intramolecular Hbond substituents is 1. The third-order valence-electron chi connectivity index (χ3n) is 3.24. The fourth-order valence-corrected chi connectivity index (χ4v) is 2.26. The van der Waals surface area contributed by atoms with E-state index in [0.29, 0.717) is 11.4 Å². The zero-order valence-electron chi connectivity index (χ0n) is 12.4. The first kappa shape index (κ1) is 15.9. The van der Waals surface area contributed by atoms with Crippen molar-refractivity contribution in [3.05, 3.63) is 70.3 Å². The molecule has 6 nitrogen and oxygen atoms in total. The van der Waals surface area contributed by atoms with E-state index in [9.17, 15) is 9.90 Å². The topological polar surface area (TPSA) is 90.4 Å². The summed E-state index contributed by atoms with van der Waals surface area (Å²) in [7, 11) is 0. The molecule has 3 aromatic rings. The van der Waals surface area contributed by atoms with Gasteiger partial charge in [0.2, 0.25) is 0 Å². The van der Waals surface area contributed by atoms with E-state index in [-0.39, 0.29) is 11.7 Å². The predicted molar refractivity (Wildman–Crippen MR) is 94.9 cm³/mol. The number of nitrogens with one attached hydrogen (secondary N) is 2. The van der Waals surface area contributed by atoms with Crippen molar-refractivity contribution < 1.29 is 9.90 Å². The minimum Gasteiger partial charge on any atom is -0.508 e. The summed E-state index contributed by atoms with van der Waals surface area (Å²) in [6, 6.07) is 15.8. The molecular weight excluding hydrogens is 372 g/mol. The number of halogens is 1. The lowest BCUT2D eigenvalue weighted by Crippen LogP contribution is -2.17. The number of carbonyl (C=O) groups is 1. The van der Waals surface area contributed by atoms with Crippen LogP contribution in [0, 0.1) is 0 Å². The molecule has 0 aliphatic rings. The van der Waals surface area contributed by atoms with Crippen molar-refractivity contribution in [1.82, 2.24) is 15.6 Å². The molecule has 3 N–H and O–H groups in total. The average molecular weight is 385 g/mol. The molecule has 2 aromatic carbocycles. The molecule has 7 heteroatoms. The first-order chi connectivity index (χ1) is 11.6. The number of amides is 1. The molecule has 0 radical (unpaired) electrons. The van der Waals surface area contributed by atoms with Crippen LogP contribution in [-0.4, -0.2) is 27.4 Å². The number of aromatic nitrogens is 2. The van der Waals surface area contributed by atoms with Crippen LogP contribution in [0.1, 0.15) is 16.1 Å². The largest absolute Gasteiger partial charge is 0.508 e. The first-order valence-corrected chi connectivity index (χ1v) is 7.85. The number of hydrazone groups is 1. The van der Waals surface area contributed by atoms with E-state index in [0.717, 1.165) is 15.6 Å². The monoisotopic (exact) mass is 384 g/mol. The molecular formula is C17H13BrN4O2. The summed E-state index contributed by atoms with van der Waals surface area (Å²) in [5, 5.41) is 19.9. The van der Waals surface area contributed by atoms with Crippen LogP contribution >= 0.6 is 15.9 Å². The highest BCUT2D eigenvalue weighted by Crippen LogP contribution is 2.20. The molecule has 0 unspecified atom stereocenters. The molecule has 3 rings (SSSR count). The number of hydrogen-bond acceptors (Lipinski definition) is 4. The van der Waals surface area contributed by atoms with Crippen molar-refractivity contribution >= 4 is 28.1 Å². The van der Waals surface area contributed by atoms with E-state index in [1.54, 1.807) is 30.3 Å². The third kappa shape index (κ3) is 3.88. The fraction of sp³-hybridized carbons (Fsp3) is 0. The Morgan fingerprint density at radius 1 is 1.17 bits per heavy atom. The molecule has 1 aromatic heterocycles. The van der Waals surface area contributed by atoms with Gasteiger partial charge in [0.1, 0.15) is 11.4 Å². The van der Waals surface area contributed by atoms with Gasteiger partial charge in [0.15, 0.2) is 0 Å². The van der Waals surface area contributed by atoms with E-state index in [2.05, 4.69) is 36.7 Å². The van der Waals surface area contributed by atoms with Crippen LogP contribution in [0.5, 0.6) is 5.75 Å². The van der Waals surface area contributed by atoms with Crippen LogP contribution in [0.15, 0.2) is 64.2 Å². The number of carbonyl (C=O) groups excluding carboxylic acids is 1. The van der Waals surface area contributed by atoms with Crippen molar-refractivity contribution in [1.29, 1.82) is 0 Å². The Bertz CT molecular complexity index is 870. The van der Waals surface area contributed by atoms with Crippen molar-refractivity contribution in [3.8, 4) is 17.0 Å². The van der Waals surface area contributed by atoms with Gasteiger partial charge in [0.05, 0.1) is 11.9 Å². The molecule has 0 saturated carbocycles. The lowest BCUT2D eigenvalue weighted by Gasteiger charge is -1.97. The van der Waals surface area contributed by atoms with Gasteiger partial charge in [-0.2, -0.15) is 10.2 Å². The Hall–Kier alpha value is -2.93. The number of H-pyrrole nitrogens is 1. The summed E-state index contributed by atoms with van der Waals surface area (Å²) in [5.41, 5.74) is 5.08. The standard InChI is InChI=1S/C17H13BrN4O2/c18-13-5-3-12(4-6-13)15-9-16(21-20-15)17(24)22-19-10-11-1-7-14(23)8-2-11/h1-10,23H,(H,20,21)(H,22,24)/b19-10+. The summed E-state index contributed by atoms with van der Waals surface area (Å²) in [6.45, 7) is 0. The predicted octanol–water partition coefficient (Wildman–Crippen LogP) is 3.31. The molecule has 0 bridgehead atoms. The molecule has 0 fully saturated rings. The van der Waals surface area contributed by atoms with Crippen LogP contribution in [0.2, 0.25) is 0 Å². The maximum absolute atomic E-state index is 12.0. The maximum atomic E-state index is 12.0. The van der Waals surface area contributed by atoms with Crippen LogP contribution in [0.3, 0.4) is 0 Å². The summed E-state index contributed by atoms with van der Waals surface area (Å²) < 4.78 is 0.975. The summed E-state index contributed by atoms with van der Waals surface area (Å²) in [4.78, 5) is 12.0. The normalized spacial score (nSPS) is 10.9. The van der Waals surface area contributed by atoms with Gasteiger partial charge in [-0.1, -0.05) is 28.1 Å². The third-order valence-corrected chi connectivity index (χ3v) is 3.76. The molecule has 0 atom stereocenters. The quantitative estimate of drug-likeness (QED) is 0.476. The molecule has 1 heterocycles. The highest BCUT2D eigenvalue weighted by Gasteiger charge is 2.10. The van der Waals surface area contributed by atoms with E-state index in [1.807, 2.05) is 24.3 Å². The van der Waals surface area contributed by atoms with Crippen molar-refractivity contribution in [2.75, 3.05) is 0 Å². The molecule has 0 spiro atoms. The molecule has 120 valence electrons. The average Bonchev–Trinajstić information content (AvgIpc) is 3.07. The van der Waals surface area contributed by atoms with E-state index in [4.69, 9.17) is 0 Å². The van der Waals surface area contributed by atoms with Gasteiger partial charge in [0.25, 0.3) is 5.91 Å². The number of hydrogen-bond donors (Lipinski definition) is 3. The smallest absolute Gasteiger partial charge is 0.289 e. The molecule has 1 amide bonds. The Morgan fingerprint density at radius 2 is 1.88 bits per heavy atom. The highest BCUT2D eigenvalue weighted by molar-refractivity contribution is 9.10. The van der Waals surface area contributed by atoms with Crippen molar-refractivity contribution in [2.24, 2.45) is 5.10 Å². The van der Waals surface area contributed by atoms with E-state index < -0.39 is 0 Å². The Labute approximate surface area is 146 Å². The van der Waals surface area contributed by atoms with Crippen LogP contribution in [0.25, 0.3) is 11.3 Å². The van der Waals surface area contributed by atoms with E-state index >= 15 is 0 Å². The summed E-state index contributed by atoms with van der Waals surface area (Å²) in [5.74, 6) is -0.213. The van der Waals surface area contributed by atoms with Crippen LogP contribution < -0.4 is 5.43 Å². The molecule has 24 heavy (non-hydrogen) atoms. The lowest BCUT2D eigenvalue weighted by atomic mass is 10.1. The minimum atomic E-state index is -0.388. The van der Waals surface area contributed by atoms with Gasteiger partial charge >= 0.3 is 0 Å². The lowest BCUT2D eigenvalue weighted by molar-refractivity contribution is 0.0950. The Kier molecular flexibility index (Phi) is 4.72. The molecule has 0 saturated heterocycles. The van der Waals surface area contributed by atoms with Gasteiger partial charge in [0, 0.05) is 10.0 Å². The minimum absolute atomic E-state index is 0.175. The van der Waals surface area contributed by atoms with Crippen LogP contribution in [-0.2, 0) is 0 Å². The molecule has 0 aliphatic carbocycles. The molecule has 0 aliphatic heterocycles. The Balaban J connectivity index is 1.65. The second-order valence-electron chi connectivity index (χ2n) is 4.96. The SMILES string of the molecule is O=C(N/N=C/c1ccc(O)cc1)c1cc(-c2ccc(Br)cc2)n[nH]1. The number of aromatic hydroxyl groups is 1. The first-order valence-electron chi connectivity index (χ1n) is 7.05. The zero-order chi connectivity index (χ0) is 16.9. The fourth-order valence-electron chi connectivity index (χ4n) is 1.99. The number of benzene rings is 2. The van der Waals surface area contributed by atoms with Gasteiger partial charge in [-0.25, -0.2) is 5.43 Å². The van der Waals surface area contributed by atoms with Gasteiger partial charge in [-0.05, 0) is 48.0 Å².